The van der Waals surface area contributed by atoms with E-state index in [2.05, 4.69) is 90.1 Å². The molecule has 6 rings (SSSR count). The minimum atomic E-state index is -0.100. The third kappa shape index (κ3) is 2.41. The van der Waals surface area contributed by atoms with Gasteiger partial charge in [-0.3, -0.25) is 9.97 Å². The van der Waals surface area contributed by atoms with Gasteiger partial charge in [0.05, 0.1) is 17.1 Å². The highest BCUT2D eigenvalue weighted by molar-refractivity contribution is 5.85. The van der Waals surface area contributed by atoms with E-state index >= 15 is 0 Å². The molecule has 4 aromatic rings. The van der Waals surface area contributed by atoms with Gasteiger partial charge in [-0.2, -0.15) is 0 Å². The van der Waals surface area contributed by atoms with E-state index in [1.54, 1.807) is 0 Å². The lowest BCUT2D eigenvalue weighted by Gasteiger charge is -2.23. The molecule has 0 saturated heterocycles. The number of aromatic nitrogens is 2. The van der Waals surface area contributed by atoms with E-state index < -0.39 is 0 Å². The summed E-state index contributed by atoms with van der Waals surface area (Å²) in [5.74, 6) is 0. The molecule has 0 aliphatic heterocycles. The Morgan fingerprint density at radius 3 is 2.25 bits per heavy atom. The highest BCUT2D eigenvalue weighted by Gasteiger charge is 2.39. The Morgan fingerprint density at radius 1 is 0.688 bits per heavy atom. The van der Waals surface area contributed by atoms with Crippen LogP contribution in [0.2, 0.25) is 0 Å². The molecule has 0 fully saturated rings. The van der Waals surface area contributed by atoms with Gasteiger partial charge < -0.3 is 0 Å². The van der Waals surface area contributed by atoms with Gasteiger partial charge in [-0.25, -0.2) is 0 Å². The van der Waals surface area contributed by atoms with Gasteiger partial charge >= 0.3 is 0 Å². The van der Waals surface area contributed by atoms with Gasteiger partial charge in [0.25, 0.3) is 0 Å². The van der Waals surface area contributed by atoms with Crippen LogP contribution in [0.15, 0.2) is 60.8 Å². The lowest BCUT2D eigenvalue weighted by atomic mass is 9.82. The first kappa shape index (κ1) is 19.4. The van der Waals surface area contributed by atoms with Crippen molar-refractivity contribution >= 4 is 0 Å². The van der Waals surface area contributed by atoms with Crippen LogP contribution in [0, 0.1) is 13.8 Å². The van der Waals surface area contributed by atoms with Crippen molar-refractivity contribution in [2.75, 3.05) is 0 Å². The van der Waals surface area contributed by atoms with E-state index in [1.165, 1.54) is 61.5 Å². The van der Waals surface area contributed by atoms with E-state index in [-0.39, 0.29) is 10.8 Å². The number of nitrogens with zero attached hydrogens (tertiary/aromatic N) is 2. The Hall–Kier alpha value is -3.26. The molecular weight excluding hydrogens is 388 g/mol. The number of rotatable bonds is 1. The Bertz CT molecular complexity index is 1440. The molecular formula is C30H28N2. The number of pyridine rings is 2. The van der Waals surface area contributed by atoms with Gasteiger partial charge in [0.15, 0.2) is 0 Å². The molecule has 2 aliphatic rings. The van der Waals surface area contributed by atoms with Crippen LogP contribution in [-0.4, -0.2) is 9.97 Å². The molecule has 2 heteroatoms. The minimum absolute atomic E-state index is 0.0819. The molecule has 2 nitrogen and oxygen atoms in total. The number of hydrogen-bond acceptors (Lipinski definition) is 2. The zero-order valence-corrected chi connectivity index (χ0v) is 19.7. The molecule has 0 amide bonds. The van der Waals surface area contributed by atoms with Crippen LogP contribution in [0.1, 0.15) is 61.3 Å². The topological polar surface area (TPSA) is 25.8 Å². The van der Waals surface area contributed by atoms with Crippen molar-refractivity contribution in [2.24, 2.45) is 0 Å². The number of fused-ring (bicyclic) bond motifs is 6. The molecule has 0 bridgehead atoms. The smallest absolute Gasteiger partial charge is 0.0706 e. The Labute approximate surface area is 190 Å². The summed E-state index contributed by atoms with van der Waals surface area (Å²) in [6.45, 7) is 13.6. The van der Waals surface area contributed by atoms with Gasteiger partial charge in [0, 0.05) is 33.7 Å². The van der Waals surface area contributed by atoms with Crippen LogP contribution < -0.4 is 0 Å². The highest BCUT2D eigenvalue weighted by atomic mass is 14.8. The van der Waals surface area contributed by atoms with E-state index in [4.69, 9.17) is 9.97 Å². The summed E-state index contributed by atoms with van der Waals surface area (Å²) in [6, 6.07) is 20.1. The molecule has 0 spiro atoms. The Balaban J connectivity index is 1.54. The van der Waals surface area contributed by atoms with Crippen molar-refractivity contribution in [3.05, 3.63) is 94.4 Å². The first-order valence-corrected chi connectivity index (χ1v) is 11.4. The predicted octanol–water partition coefficient (Wildman–Crippen LogP) is 7.37. The number of hydrogen-bond donors (Lipinski definition) is 0. The van der Waals surface area contributed by atoms with E-state index in [1.807, 2.05) is 12.3 Å². The molecule has 2 aliphatic carbocycles. The van der Waals surface area contributed by atoms with Crippen molar-refractivity contribution in [3.63, 3.8) is 0 Å². The normalized spacial score (nSPS) is 16.3. The molecule has 158 valence electrons. The maximum Gasteiger partial charge on any atom is 0.0706 e. The lowest BCUT2D eigenvalue weighted by molar-refractivity contribution is 0.632. The average Bonchev–Trinajstić information content (AvgIpc) is 3.13. The summed E-state index contributed by atoms with van der Waals surface area (Å²) in [4.78, 5) is 10.0. The summed E-state index contributed by atoms with van der Waals surface area (Å²) >= 11 is 0. The molecule has 0 atom stereocenters. The third-order valence-corrected chi connectivity index (χ3v) is 7.57. The molecule has 0 N–H and O–H groups in total. The van der Waals surface area contributed by atoms with Gasteiger partial charge in [-0.1, -0.05) is 63.6 Å². The Kier molecular flexibility index (Phi) is 3.74. The van der Waals surface area contributed by atoms with Crippen LogP contribution in [-0.2, 0) is 10.8 Å². The summed E-state index contributed by atoms with van der Waals surface area (Å²) in [5, 5.41) is 0. The van der Waals surface area contributed by atoms with Crippen LogP contribution in [0.25, 0.3) is 33.5 Å². The maximum atomic E-state index is 5.26. The molecule has 32 heavy (non-hydrogen) atoms. The fraction of sp³-hybridized carbons (Fsp3) is 0.267. The molecule has 0 unspecified atom stereocenters. The van der Waals surface area contributed by atoms with Crippen molar-refractivity contribution in [2.45, 2.75) is 52.4 Å². The molecule has 2 aromatic heterocycles. The van der Waals surface area contributed by atoms with Crippen molar-refractivity contribution in [1.29, 1.82) is 0 Å². The maximum absolute atomic E-state index is 5.26. The second-order valence-electron chi connectivity index (χ2n) is 10.5. The SMILES string of the molecule is Cc1ccc2c(c1)C(C)(C)c1nc(-c3cc(C)c4c(c3)-c3cccnc3C4(C)C)ccc1-2. The van der Waals surface area contributed by atoms with Gasteiger partial charge in [0.1, 0.15) is 0 Å². The van der Waals surface area contributed by atoms with Crippen molar-refractivity contribution in [1.82, 2.24) is 9.97 Å². The van der Waals surface area contributed by atoms with Crippen LogP contribution >= 0.6 is 0 Å². The van der Waals surface area contributed by atoms with Gasteiger partial charge in [-0.05, 0) is 65.9 Å². The minimum Gasteiger partial charge on any atom is -0.260 e. The quantitative estimate of drug-likeness (QED) is 0.324. The number of aryl methyl sites for hydroxylation is 2. The average molecular weight is 417 g/mol. The largest absolute Gasteiger partial charge is 0.260 e. The van der Waals surface area contributed by atoms with E-state index in [0.29, 0.717) is 0 Å². The summed E-state index contributed by atoms with van der Waals surface area (Å²) < 4.78 is 0. The standard InChI is InChI=1S/C30H28N2/c1-17-9-10-20-22-11-12-25(32-28(22)29(3,4)24(20)14-17)19-15-18(2)26-23(16-19)21-8-7-13-31-27(21)30(26,5)6/h7-16H,1-6H3. The predicted molar refractivity (Wildman–Crippen MR) is 132 cm³/mol. The zero-order chi connectivity index (χ0) is 22.4. The third-order valence-electron chi connectivity index (χ3n) is 7.57. The summed E-state index contributed by atoms with van der Waals surface area (Å²) in [7, 11) is 0. The van der Waals surface area contributed by atoms with Crippen LogP contribution in [0.3, 0.4) is 0 Å². The summed E-state index contributed by atoms with van der Waals surface area (Å²) in [5.41, 5.74) is 14.9. The molecule has 0 saturated carbocycles. The number of benzene rings is 2. The van der Waals surface area contributed by atoms with Gasteiger partial charge in [0.2, 0.25) is 0 Å². The van der Waals surface area contributed by atoms with E-state index in [9.17, 15) is 0 Å². The second-order valence-corrected chi connectivity index (χ2v) is 10.5. The van der Waals surface area contributed by atoms with Crippen LogP contribution in [0.5, 0.6) is 0 Å². The lowest BCUT2D eigenvalue weighted by Crippen LogP contribution is -2.18. The molecule has 0 radical (unpaired) electrons. The monoisotopic (exact) mass is 416 g/mol. The van der Waals surface area contributed by atoms with E-state index in [0.717, 1.165) is 5.69 Å². The van der Waals surface area contributed by atoms with Crippen LogP contribution in [0.4, 0.5) is 0 Å². The molecule has 2 aromatic carbocycles. The van der Waals surface area contributed by atoms with Gasteiger partial charge in [-0.15, -0.1) is 0 Å². The zero-order valence-electron chi connectivity index (χ0n) is 19.7. The molecule has 2 heterocycles. The summed E-state index contributed by atoms with van der Waals surface area (Å²) in [6.07, 6.45) is 1.91. The second kappa shape index (κ2) is 6.16. The first-order valence-electron chi connectivity index (χ1n) is 11.4. The van der Waals surface area contributed by atoms with Crippen molar-refractivity contribution < 1.29 is 0 Å². The fourth-order valence-electron chi connectivity index (χ4n) is 6.07. The van der Waals surface area contributed by atoms with Crippen molar-refractivity contribution in [3.8, 4) is 33.5 Å². The fourth-order valence-corrected chi connectivity index (χ4v) is 6.07. The Morgan fingerprint density at radius 2 is 1.44 bits per heavy atom. The highest BCUT2D eigenvalue weighted by Crippen LogP contribution is 2.51. The first-order chi connectivity index (χ1) is 15.2.